The summed E-state index contributed by atoms with van der Waals surface area (Å²) in [4.78, 5) is 22.5. The molecule has 24 heavy (non-hydrogen) atoms. The molecule has 0 aliphatic carbocycles. The number of amides is 1. The number of Topliss-reactive ketones (excluding diaryl/α,β-unsaturated/α-hetero) is 1. The number of benzene rings is 1. The van der Waals surface area contributed by atoms with Gasteiger partial charge in [0.25, 0.3) is 0 Å². The largest absolute Gasteiger partial charge is 0.392 e. The van der Waals surface area contributed by atoms with Crippen LogP contribution in [0.15, 0.2) is 42.5 Å². The normalized spacial score (nSPS) is 11.2. The maximum Gasteiger partial charge on any atom is 0.243 e. The summed E-state index contributed by atoms with van der Waals surface area (Å²) in [6.07, 6.45) is 9.55. The molecular formula is C19H25NO4. The summed E-state index contributed by atoms with van der Waals surface area (Å²) in [6, 6.07) is 7.52. The zero-order valence-electron chi connectivity index (χ0n) is 13.8. The van der Waals surface area contributed by atoms with E-state index in [1.54, 1.807) is 12.2 Å². The molecule has 5 heteroatoms. The van der Waals surface area contributed by atoms with Gasteiger partial charge in [-0.1, -0.05) is 42.8 Å². The predicted octanol–water partition coefficient (Wildman–Crippen LogP) is 1.99. The fourth-order valence-electron chi connectivity index (χ4n) is 2.08. The molecule has 1 amide bonds. The van der Waals surface area contributed by atoms with Crippen LogP contribution in [0.3, 0.4) is 0 Å². The first-order valence-electron chi connectivity index (χ1n) is 8.10. The van der Waals surface area contributed by atoms with Crippen molar-refractivity contribution in [3.8, 4) is 0 Å². The number of aliphatic hydroxyl groups excluding tert-OH is 2. The Morgan fingerprint density at radius 1 is 1.08 bits per heavy atom. The van der Waals surface area contributed by atoms with Gasteiger partial charge in [-0.25, -0.2) is 0 Å². The summed E-state index contributed by atoms with van der Waals surface area (Å²) in [6.45, 7) is 0.187. The molecule has 0 aromatic heterocycles. The van der Waals surface area contributed by atoms with Crippen LogP contribution in [0.2, 0.25) is 0 Å². The first-order chi connectivity index (χ1) is 11.7. The second kappa shape index (κ2) is 12.2. The number of nitrogens with one attached hydrogen (secondary N) is 1. The molecule has 0 unspecified atom stereocenters. The number of carbonyl (C=O) groups is 2. The van der Waals surface area contributed by atoms with Crippen molar-refractivity contribution < 1.29 is 19.8 Å². The molecule has 130 valence electrons. The summed E-state index contributed by atoms with van der Waals surface area (Å²) in [7, 11) is 0. The van der Waals surface area contributed by atoms with Crippen LogP contribution >= 0.6 is 0 Å². The van der Waals surface area contributed by atoms with Crippen LogP contribution in [0.4, 0.5) is 0 Å². The average molecular weight is 331 g/mol. The molecule has 0 fully saturated rings. The lowest BCUT2D eigenvalue weighted by atomic mass is 10.1. The van der Waals surface area contributed by atoms with Crippen LogP contribution in [0, 0.1) is 0 Å². The number of allylic oxidation sites excluding steroid dienone is 2. The molecule has 0 aliphatic heterocycles. The first-order valence-corrected chi connectivity index (χ1v) is 8.10. The molecule has 0 radical (unpaired) electrons. The Morgan fingerprint density at radius 3 is 2.67 bits per heavy atom. The van der Waals surface area contributed by atoms with Crippen LogP contribution < -0.4 is 5.32 Å². The second-order valence-corrected chi connectivity index (χ2v) is 5.42. The van der Waals surface area contributed by atoms with Crippen molar-refractivity contribution in [2.75, 3.05) is 13.2 Å². The van der Waals surface area contributed by atoms with Gasteiger partial charge in [-0.15, -0.1) is 0 Å². The van der Waals surface area contributed by atoms with Crippen LogP contribution in [0.1, 0.15) is 36.8 Å². The van der Waals surface area contributed by atoms with Gasteiger partial charge in [0.2, 0.25) is 5.91 Å². The van der Waals surface area contributed by atoms with Gasteiger partial charge >= 0.3 is 0 Å². The zero-order chi connectivity index (χ0) is 17.6. The third-order valence-corrected chi connectivity index (χ3v) is 3.39. The van der Waals surface area contributed by atoms with Crippen LogP contribution in [0.25, 0.3) is 6.08 Å². The Morgan fingerprint density at radius 2 is 1.92 bits per heavy atom. The Kier molecular flexibility index (Phi) is 10.1. The molecule has 3 N–H and O–H groups in total. The van der Waals surface area contributed by atoms with E-state index in [4.69, 9.17) is 10.2 Å². The van der Waals surface area contributed by atoms with Crippen molar-refractivity contribution in [3.63, 3.8) is 0 Å². The van der Waals surface area contributed by atoms with E-state index in [1.807, 2.05) is 30.3 Å². The lowest BCUT2D eigenvalue weighted by Crippen LogP contribution is -2.22. The van der Waals surface area contributed by atoms with Crippen molar-refractivity contribution in [3.05, 3.63) is 53.6 Å². The van der Waals surface area contributed by atoms with Crippen LogP contribution in [0.5, 0.6) is 0 Å². The third kappa shape index (κ3) is 9.02. The average Bonchev–Trinajstić information content (AvgIpc) is 2.61. The van der Waals surface area contributed by atoms with E-state index in [-0.39, 0.29) is 24.9 Å². The number of unbranched alkanes of at least 4 members (excludes halogenated alkanes) is 2. The first kappa shape index (κ1) is 19.8. The van der Waals surface area contributed by atoms with Gasteiger partial charge in [0.1, 0.15) is 6.61 Å². The molecule has 0 bridgehead atoms. The highest BCUT2D eigenvalue weighted by Gasteiger charge is 1.99. The van der Waals surface area contributed by atoms with Crippen molar-refractivity contribution >= 4 is 17.8 Å². The molecule has 1 aromatic rings. The molecule has 0 saturated heterocycles. The molecular weight excluding hydrogens is 306 g/mol. The van der Waals surface area contributed by atoms with Crippen LogP contribution in [-0.2, 0) is 16.2 Å². The van der Waals surface area contributed by atoms with Gasteiger partial charge in [-0.3, -0.25) is 9.59 Å². The minimum absolute atomic E-state index is 0.00802. The molecule has 0 atom stereocenters. The topological polar surface area (TPSA) is 86.6 Å². The van der Waals surface area contributed by atoms with E-state index in [1.165, 1.54) is 6.08 Å². The van der Waals surface area contributed by atoms with Gasteiger partial charge < -0.3 is 15.5 Å². The van der Waals surface area contributed by atoms with Crippen LogP contribution in [-0.4, -0.2) is 35.1 Å². The fourth-order valence-corrected chi connectivity index (χ4v) is 2.08. The van der Waals surface area contributed by atoms with Gasteiger partial charge in [0.05, 0.1) is 6.61 Å². The van der Waals surface area contributed by atoms with E-state index in [2.05, 4.69) is 5.32 Å². The monoisotopic (exact) mass is 331 g/mol. The highest BCUT2D eigenvalue weighted by molar-refractivity contribution is 5.87. The Labute approximate surface area is 142 Å². The van der Waals surface area contributed by atoms with Crippen molar-refractivity contribution in [2.45, 2.75) is 32.3 Å². The zero-order valence-corrected chi connectivity index (χ0v) is 13.8. The quantitative estimate of drug-likeness (QED) is 0.329. The summed E-state index contributed by atoms with van der Waals surface area (Å²) in [5.41, 5.74) is 1.81. The van der Waals surface area contributed by atoms with E-state index in [0.29, 0.717) is 13.0 Å². The number of hydrogen-bond donors (Lipinski definition) is 3. The predicted molar refractivity (Wildman–Crippen MR) is 94.1 cm³/mol. The highest BCUT2D eigenvalue weighted by Crippen LogP contribution is 2.07. The van der Waals surface area contributed by atoms with Gasteiger partial charge in [-0.05, 0) is 30.0 Å². The maximum absolute atomic E-state index is 11.6. The number of carbonyl (C=O) groups excluding carboxylic acids is 2. The van der Waals surface area contributed by atoms with E-state index in [0.717, 1.165) is 30.4 Å². The standard InChI is InChI=1S/C19H25NO4/c21-14-17-9-6-8-16(13-17)7-3-4-11-19(24)20-12-5-1-2-10-18(23)15-22/h3-4,6-9,11,13,21-22H,1-2,5,10,12,14-15H2,(H,20,24)/b7-3+,11-4+. The van der Waals surface area contributed by atoms with Crippen molar-refractivity contribution in [1.29, 1.82) is 0 Å². The second-order valence-electron chi connectivity index (χ2n) is 5.42. The van der Waals surface area contributed by atoms with E-state index >= 15 is 0 Å². The lowest BCUT2D eigenvalue weighted by molar-refractivity contribution is -0.122. The Bertz CT molecular complexity index is 578. The highest BCUT2D eigenvalue weighted by atomic mass is 16.3. The fraction of sp³-hybridized carbons (Fsp3) is 0.368. The maximum atomic E-state index is 11.6. The summed E-state index contributed by atoms with van der Waals surface area (Å²) < 4.78 is 0. The van der Waals surface area contributed by atoms with Gasteiger partial charge in [-0.2, -0.15) is 0 Å². The summed E-state index contributed by atoms with van der Waals surface area (Å²) >= 11 is 0. The molecule has 5 nitrogen and oxygen atoms in total. The summed E-state index contributed by atoms with van der Waals surface area (Å²) in [5, 5.41) is 20.4. The minimum Gasteiger partial charge on any atom is -0.392 e. The number of aliphatic hydroxyl groups is 2. The van der Waals surface area contributed by atoms with Gasteiger partial charge in [0.15, 0.2) is 5.78 Å². The smallest absolute Gasteiger partial charge is 0.243 e. The number of rotatable bonds is 11. The van der Waals surface area contributed by atoms with E-state index in [9.17, 15) is 9.59 Å². The SMILES string of the molecule is O=C(CO)CCCCCNC(=O)/C=C/C=C/c1cccc(CO)c1. The summed E-state index contributed by atoms with van der Waals surface area (Å²) in [5.74, 6) is -0.298. The Hall–Kier alpha value is -2.24. The number of hydrogen-bond acceptors (Lipinski definition) is 4. The minimum atomic E-state index is -0.390. The molecule has 0 aliphatic rings. The van der Waals surface area contributed by atoms with Crippen molar-refractivity contribution in [1.82, 2.24) is 5.32 Å². The Balaban J connectivity index is 2.19. The third-order valence-electron chi connectivity index (χ3n) is 3.39. The van der Waals surface area contributed by atoms with E-state index < -0.39 is 0 Å². The molecule has 1 rings (SSSR count). The molecule has 0 saturated carbocycles. The molecule has 0 spiro atoms. The number of ketones is 1. The molecule has 1 aromatic carbocycles. The van der Waals surface area contributed by atoms with Gasteiger partial charge in [0, 0.05) is 19.0 Å². The molecule has 0 heterocycles. The van der Waals surface area contributed by atoms with Crippen molar-refractivity contribution in [2.24, 2.45) is 0 Å². The lowest BCUT2D eigenvalue weighted by Gasteiger charge is -2.01.